The molecule has 0 atom stereocenters. The molecule has 3 N–H and O–H groups in total. The van der Waals surface area contributed by atoms with Crippen molar-refractivity contribution in [2.45, 2.75) is 25.6 Å². The number of pyridine rings is 1. The first-order chi connectivity index (χ1) is 13.5. The molecule has 0 aliphatic heterocycles. The molecule has 29 heavy (non-hydrogen) atoms. The van der Waals surface area contributed by atoms with Gasteiger partial charge in [-0.15, -0.1) is 0 Å². The van der Waals surface area contributed by atoms with E-state index in [0.29, 0.717) is 21.6 Å². The SMILES string of the molecule is CC(C)(Nc1nc(-c2c[nH]c3ncc(Cl)cc23)ncc1Cl)C(=O)NCC(F)(F)F.[HH].[HH].[HH]. The molecule has 0 saturated heterocycles. The van der Waals surface area contributed by atoms with Crippen LogP contribution >= 0.6 is 23.2 Å². The van der Waals surface area contributed by atoms with Crippen LogP contribution in [-0.4, -0.2) is 44.1 Å². The maximum absolute atomic E-state index is 12.4. The van der Waals surface area contributed by atoms with Gasteiger partial charge in [0.1, 0.15) is 28.6 Å². The van der Waals surface area contributed by atoms with Gasteiger partial charge >= 0.3 is 6.18 Å². The molecule has 0 fully saturated rings. The second-order valence-corrected chi connectivity index (χ2v) is 7.53. The molecule has 7 nitrogen and oxygen atoms in total. The summed E-state index contributed by atoms with van der Waals surface area (Å²) in [4.78, 5) is 27.8. The van der Waals surface area contributed by atoms with E-state index in [1.807, 2.05) is 5.32 Å². The Morgan fingerprint density at radius 1 is 1.24 bits per heavy atom. The molecule has 0 aromatic carbocycles. The summed E-state index contributed by atoms with van der Waals surface area (Å²) in [6.07, 6.45) is -0.0625. The van der Waals surface area contributed by atoms with Crippen molar-refractivity contribution in [3.8, 4) is 11.4 Å². The Bertz CT molecular complexity index is 1080. The molecule has 3 aromatic heterocycles. The molecule has 160 valence electrons. The molecule has 0 bridgehead atoms. The fourth-order valence-corrected chi connectivity index (χ4v) is 2.80. The molecule has 0 saturated carbocycles. The highest BCUT2D eigenvalue weighted by atomic mass is 35.5. The summed E-state index contributed by atoms with van der Waals surface area (Å²) < 4.78 is 37.1. The third-order valence-electron chi connectivity index (χ3n) is 3.93. The Balaban J connectivity index is 0.00000320. The number of nitrogens with one attached hydrogen (secondary N) is 3. The molecular weight excluding hydrogens is 432 g/mol. The topological polar surface area (TPSA) is 95.6 Å². The van der Waals surface area contributed by atoms with Gasteiger partial charge in [-0.1, -0.05) is 23.2 Å². The molecule has 0 spiro atoms. The van der Waals surface area contributed by atoms with E-state index in [-0.39, 0.29) is 20.9 Å². The van der Waals surface area contributed by atoms with E-state index in [2.05, 4.69) is 25.3 Å². The van der Waals surface area contributed by atoms with E-state index >= 15 is 0 Å². The van der Waals surface area contributed by atoms with Crippen LogP contribution in [0.1, 0.15) is 18.1 Å². The third-order valence-corrected chi connectivity index (χ3v) is 4.41. The van der Waals surface area contributed by atoms with Crippen LogP contribution in [0.3, 0.4) is 0 Å². The number of hydrogen-bond donors (Lipinski definition) is 3. The Kier molecular flexibility index (Phi) is 5.59. The van der Waals surface area contributed by atoms with Gasteiger partial charge < -0.3 is 15.6 Å². The Hall–Kier alpha value is -2.59. The van der Waals surface area contributed by atoms with Crippen molar-refractivity contribution >= 4 is 46.0 Å². The van der Waals surface area contributed by atoms with Gasteiger partial charge in [-0.2, -0.15) is 13.2 Å². The predicted molar refractivity (Wildman–Crippen MR) is 110 cm³/mol. The zero-order chi connectivity index (χ0) is 21.4. The van der Waals surface area contributed by atoms with Crippen LogP contribution in [0.2, 0.25) is 10.0 Å². The highest BCUT2D eigenvalue weighted by molar-refractivity contribution is 6.33. The van der Waals surface area contributed by atoms with Crippen LogP contribution in [0.25, 0.3) is 22.4 Å². The third kappa shape index (κ3) is 4.88. The predicted octanol–water partition coefficient (Wildman–Crippen LogP) is 4.93. The largest absolute Gasteiger partial charge is 0.405 e. The summed E-state index contributed by atoms with van der Waals surface area (Å²) in [5, 5.41) is 5.80. The number of carbonyl (C=O) groups is 1. The maximum Gasteiger partial charge on any atom is 0.405 e. The van der Waals surface area contributed by atoms with Crippen molar-refractivity contribution in [2.75, 3.05) is 11.9 Å². The minimum Gasteiger partial charge on any atom is -0.355 e. The average molecular weight is 453 g/mol. The highest BCUT2D eigenvalue weighted by Gasteiger charge is 2.33. The number of hydrogen-bond acceptors (Lipinski definition) is 5. The van der Waals surface area contributed by atoms with Crippen LogP contribution in [0.4, 0.5) is 19.0 Å². The van der Waals surface area contributed by atoms with Gasteiger partial charge in [0.15, 0.2) is 5.82 Å². The molecule has 3 aromatic rings. The number of halogens is 5. The summed E-state index contributed by atoms with van der Waals surface area (Å²) in [6.45, 7) is 1.38. The lowest BCUT2D eigenvalue weighted by Gasteiger charge is -2.26. The smallest absolute Gasteiger partial charge is 0.355 e. The van der Waals surface area contributed by atoms with Crippen molar-refractivity contribution in [2.24, 2.45) is 0 Å². The monoisotopic (exact) mass is 452 g/mol. The Morgan fingerprint density at radius 3 is 2.66 bits per heavy atom. The van der Waals surface area contributed by atoms with Crippen molar-refractivity contribution in [1.82, 2.24) is 25.3 Å². The van der Waals surface area contributed by atoms with Crippen LogP contribution < -0.4 is 10.6 Å². The molecule has 3 heterocycles. The molecule has 12 heteroatoms. The second-order valence-electron chi connectivity index (χ2n) is 6.69. The number of alkyl halides is 3. The molecule has 0 unspecified atom stereocenters. The van der Waals surface area contributed by atoms with Gasteiger partial charge in [-0.3, -0.25) is 4.79 Å². The zero-order valence-electron chi connectivity index (χ0n) is 15.2. The Labute approximate surface area is 177 Å². The lowest BCUT2D eigenvalue weighted by molar-refractivity contribution is -0.140. The average Bonchev–Trinajstić information content (AvgIpc) is 3.03. The van der Waals surface area contributed by atoms with E-state index in [9.17, 15) is 18.0 Å². The number of H-pyrrole nitrogens is 1. The summed E-state index contributed by atoms with van der Waals surface area (Å²) in [6, 6.07) is 1.69. The van der Waals surface area contributed by atoms with Crippen molar-refractivity contribution in [1.29, 1.82) is 0 Å². The van der Waals surface area contributed by atoms with E-state index in [4.69, 9.17) is 23.2 Å². The van der Waals surface area contributed by atoms with Crippen molar-refractivity contribution in [3.05, 3.63) is 34.7 Å². The fraction of sp³-hybridized carbons (Fsp3) is 0.294. The number of nitrogens with zero attached hydrogens (tertiary/aromatic N) is 3. The van der Waals surface area contributed by atoms with Gasteiger partial charge in [0.25, 0.3) is 0 Å². The number of rotatable bonds is 5. The lowest BCUT2D eigenvalue weighted by atomic mass is 10.0. The van der Waals surface area contributed by atoms with Crippen LogP contribution in [-0.2, 0) is 4.79 Å². The number of anilines is 1. The minimum atomic E-state index is -4.52. The van der Waals surface area contributed by atoms with E-state index in [1.54, 1.807) is 12.3 Å². The number of aromatic nitrogens is 4. The summed E-state index contributed by atoms with van der Waals surface area (Å²) in [7, 11) is 0. The van der Waals surface area contributed by atoms with Crippen LogP contribution in [0.5, 0.6) is 0 Å². The first kappa shape index (κ1) is 21.1. The van der Waals surface area contributed by atoms with E-state index in [0.717, 1.165) is 0 Å². The quantitative estimate of drug-likeness (QED) is 0.509. The molecule has 0 radical (unpaired) electrons. The normalized spacial score (nSPS) is 12.2. The number of carbonyl (C=O) groups excluding carboxylic acids is 1. The van der Waals surface area contributed by atoms with Crippen LogP contribution in [0, 0.1) is 0 Å². The number of aromatic amines is 1. The molecule has 0 aliphatic carbocycles. The van der Waals surface area contributed by atoms with Gasteiger partial charge in [0.2, 0.25) is 5.91 Å². The van der Waals surface area contributed by atoms with E-state index in [1.165, 1.54) is 26.2 Å². The van der Waals surface area contributed by atoms with Gasteiger partial charge in [-0.25, -0.2) is 15.0 Å². The Morgan fingerprint density at radius 2 is 1.97 bits per heavy atom. The van der Waals surface area contributed by atoms with E-state index < -0.39 is 24.2 Å². The second kappa shape index (κ2) is 7.68. The first-order valence-corrected chi connectivity index (χ1v) is 9.00. The number of amides is 1. The van der Waals surface area contributed by atoms with Crippen molar-refractivity contribution in [3.63, 3.8) is 0 Å². The summed E-state index contributed by atoms with van der Waals surface area (Å²) >= 11 is 12.1. The zero-order valence-corrected chi connectivity index (χ0v) is 16.7. The first-order valence-electron chi connectivity index (χ1n) is 8.25. The summed E-state index contributed by atoms with van der Waals surface area (Å²) in [5.41, 5.74) is -0.260. The van der Waals surface area contributed by atoms with Crippen molar-refractivity contribution < 1.29 is 22.2 Å². The molecule has 0 aliphatic rings. The standard InChI is InChI=1S/C17H15Cl2F3N6O.3H2/c1-16(2,15(29)26-7-17(20,21)22)28-14-11(19)6-25-13(27-14)10-5-24-12-9(10)3-8(18)4-23-12;;;/h3-6H,7H2,1-2H3,(H,23,24)(H,26,29)(H,25,27,28);3*1H. The molecule has 3 rings (SSSR count). The molecule has 1 amide bonds. The van der Waals surface area contributed by atoms with Gasteiger partial charge in [-0.05, 0) is 19.9 Å². The number of fused-ring (bicyclic) bond motifs is 1. The summed E-state index contributed by atoms with van der Waals surface area (Å²) in [5.74, 6) is -0.513. The highest BCUT2D eigenvalue weighted by Crippen LogP contribution is 2.30. The van der Waals surface area contributed by atoms with Gasteiger partial charge in [0, 0.05) is 27.6 Å². The minimum absolute atomic E-state index is 0. The fourth-order valence-electron chi connectivity index (χ4n) is 2.50. The van der Waals surface area contributed by atoms with Crippen LogP contribution in [0.15, 0.2) is 24.7 Å². The molecular formula is C17H21Cl2F3N6O. The lowest BCUT2D eigenvalue weighted by Crippen LogP contribution is -2.50. The van der Waals surface area contributed by atoms with Gasteiger partial charge in [0.05, 0.1) is 11.2 Å². The maximum atomic E-state index is 12.4.